The fourth-order valence-electron chi connectivity index (χ4n) is 12.6. The van der Waals surface area contributed by atoms with E-state index in [-0.39, 0.29) is 69.6 Å². The molecule has 3 saturated heterocycles. The molecule has 1 aliphatic carbocycles. The Balaban J connectivity index is 0.000000241. The lowest BCUT2D eigenvalue weighted by Gasteiger charge is -2.29. The van der Waals surface area contributed by atoms with Gasteiger partial charge in [-0.1, -0.05) is 174 Å². The van der Waals surface area contributed by atoms with Gasteiger partial charge in [-0.3, -0.25) is 38.0 Å². The Morgan fingerprint density at radius 1 is 0.407 bits per heavy atom. The smallest absolute Gasteiger partial charge is 0.333 e. The van der Waals surface area contributed by atoms with E-state index in [4.69, 9.17) is 9.47 Å². The van der Waals surface area contributed by atoms with Crippen molar-refractivity contribution in [1.29, 1.82) is 0 Å². The van der Waals surface area contributed by atoms with Gasteiger partial charge in [0.25, 0.3) is 0 Å². The molecule has 13 rings (SSSR count). The number of hydrogen-bond donors (Lipinski definition) is 1. The van der Waals surface area contributed by atoms with Gasteiger partial charge in [0, 0.05) is 114 Å². The summed E-state index contributed by atoms with van der Waals surface area (Å²) < 4.78 is 75.5. The normalized spacial score (nSPS) is 16.5. The largest absolute Gasteiger partial charge is 0.389 e. The van der Waals surface area contributed by atoms with E-state index < -0.39 is 18.1 Å². The third kappa shape index (κ3) is 34.5. The molecule has 118 heavy (non-hydrogen) atoms. The first-order valence-corrected chi connectivity index (χ1v) is 42.3. The van der Waals surface area contributed by atoms with Crippen LogP contribution in [0.15, 0.2) is 124 Å². The Labute approximate surface area is 706 Å². The zero-order valence-electron chi connectivity index (χ0n) is 76.8. The summed E-state index contributed by atoms with van der Waals surface area (Å²) in [6.45, 7) is 66.5. The third-order valence-electron chi connectivity index (χ3n) is 21.3. The minimum atomic E-state index is -2.54. The summed E-state index contributed by atoms with van der Waals surface area (Å²) in [4.78, 5) is 8.81. The summed E-state index contributed by atoms with van der Waals surface area (Å²) in [6.07, 6.45) is 40.4. The molecule has 3 aliphatic heterocycles. The van der Waals surface area contributed by atoms with Crippen molar-refractivity contribution in [3.05, 3.63) is 168 Å². The van der Waals surface area contributed by atoms with Crippen molar-refractivity contribution in [3.8, 4) is 5.69 Å². The van der Waals surface area contributed by atoms with Gasteiger partial charge in [-0.2, -0.15) is 49.6 Å². The van der Waals surface area contributed by atoms with E-state index in [2.05, 4.69) is 260 Å². The van der Waals surface area contributed by atoms with Crippen LogP contribution in [0, 0.1) is 0 Å². The number of rotatable bonds is 11. The maximum Gasteiger partial charge on any atom is 0.333 e. The molecule has 22 nitrogen and oxygen atoms in total. The lowest BCUT2D eigenvalue weighted by atomic mass is 9.89. The highest BCUT2D eigenvalue weighted by Gasteiger charge is 2.36. The maximum atomic E-state index is 13.1. The van der Waals surface area contributed by atoms with Crippen molar-refractivity contribution in [2.24, 2.45) is 0 Å². The van der Waals surface area contributed by atoms with Crippen LogP contribution in [0.25, 0.3) is 5.69 Å². The van der Waals surface area contributed by atoms with E-state index in [1.165, 1.54) is 71.7 Å². The molecule has 0 spiro atoms. The Morgan fingerprint density at radius 2 is 0.746 bits per heavy atom. The molecule has 9 aromatic rings. The van der Waals surface area contributed by atoms with Crippen LogP contribution in [0.3, 0.4) is 0 Å². The second-order valence-electron chi connectivity index (χ2n) is 40.7. The number of likely N-dealkylation sites (tertiary alicyclic amines) is 1. The summed E-state index contributed by atoms with van der Waals surface area (Å²) in [5, 5.41) is 43.7. The van der Waals surface area contributed by atoms with Crippen LogP contribution in [-0.2, 0) is 72.4 Å². The zero-order valence-corrected chi connectivity index (χ0v) is 76.8. The number of morpholine rings is 1. The van der Waals surface area contributed by atoms with Crippen molar-refractivity contribution in [3.63, 3.8) is 0 Å². The molecular formula is C92H153F4N19O3. The van der Waals surface area contributed by atoms with Crippen LogP contribution >= 0.6 is 0 Å². The third-order valence-corrected chi connectivity index (χ3v) is 21.3. The second kappa shape index (κ2) is 43.2. The fourth-order valence-corrected chi connectivity index (χ4v) is 12.6. The number of piperidine rings is 1. The van der Waals surface area contributed by atoms with Gasteiger partial charge in [-0.15, -0.1) is 0 Å². The number of ether oxygens (including phenoxy) is 2. The van der Waals surface area contributed by atoms with Gasteiger partial charge in [-0.05, 0) is 179 Å². The van der Waals surface area contributed by atoms with E-state index in [0.29, 0.717) is 36.2 Å². The molecule has 4 aliphatic rings. The van der Waals surface area contributed by atoms with Crippen LogP contribution in [-0.4, -0.2) is 176 Å². The quantitative estimate of drug-likeness (QED) is 0.120. The van der Waals surface area contributed by atoms with E-state index in [9.17, 15) is 22.7 Å². The summed E-state index contributed by atoms with van der Waals surface area (Å²) in [7, 11) is 2.19. The molecule has 662 valence electrons. The maximum absolute atomic E-state index is 13.1. The monoisotopic (exact) mass is 1650 g/mol. The first kappa shape index (κ1) is 101. The average Bonchev–Trinajstić information content (AvgIpc) is 1.69. The highest BCUT2D eigenvalue weighted by atomic mass is 19.3. The minimum Gasteiger partial charge on any atom is -0.389 e. The molecule has 0 aromatic carbocycles. The van der Waals surface area contributed by atoms with Crippen molar-refractivity contribution >= 4 is 0 Å². The average molecular weight is 1650 g/mol. The predicted molar refractivity (Wildman–Crippen MR) is 471 cm³/mol. The van der Waals surface area contributed by atoms with Crippen LogP contribution in [0.4, 0.5) is 17.6 Å². The minimum absolute atomic E-state index is 0. The van der Waals surface area contributed by atoms with Crippen molar-refractivity contribution in [1.82, 2.24) is 93.0 Å². The lowest BCUT2D eigenvalue weighted by molar-refractivity contribution is -0.0450. The molecule has 1 N–H and O–H groups in total. The fraction of sp³-hybridized carbons (Fsp3) is 0.685. The lowest BCUT2D eigenvalue weighted by Crippen LogP contribution is -2.38. The van der Waals surface area contributed by atoms with Gasteiger partial charge in [0.1, 0.15) is 0 Å². The number of alkyl halides is 4. The van der Waals surface area contributed by atoms with Crippen LogP contribution in [0.1, 0.15) is 315 Å². The molecule has 0 amide bonds. The molecular weight excluding hydrogens is 1500 g/mol. The van der Waals surface area contributed by atoms with Gasteiger partial charge >= 0.3 is 6.55 Å². The molecule has 0 bridgehead atoms. The number of aliphatic hydroxyl groups is 1. The zero-order chi connectivity index (χ0) is 87.3. The van der Waals surface area contributed by atoms with E-state index in [0.717, 1.165) is 88.8 Å². The molecule has 0 atom stereocenters. The Kier molecular flexibility index (Phi) is 37.0. The summed E-state index contributed by atoms with van der Waals surface area (Å²) in [5.41, 5.74) is 11.1. The molecule has 12 heterocycles. The number of pyridine rings is 1. The van der Waals surface area contributed by atoms with E-state index in [1.54, 1.807) is 30.9 Å². The van der Waals surface area contributed by atoms with Crippen molar-refractivity contribution in [2.45, 2.75) is 345 Å². The summed E-state index contributed by atoms with van der Waals surface area (Å²) in [6, 6.07) is 5.17. The number of hydrogen-bond acceptors (Lipinski definition) is 14. The van der Waals surface area contributed by atoms with E-state index >= 15 is 0 Å². The van der Waals surface area contributed by atoms with Crippen molar-refractivity contribution < 1.29 is 32.1 Å². The molecule has 9 aromatic heterocycles. The number of aryl methyl sites for hydroxylation is 1. The molecule has 0 radical (unpaired) electrons. The summed E-state index contributed by atoms with van der Waals surface area (Å²) >= 11 is 0. The molecule has 0 unspecified atom stereocenters. The van der Waals surface area contributed by atoms with Crippen LogP contribution in [0.2, 0.25) is 0 Å². The van der Waals surface area contributed by atoms with Gasteiger partial charge in [0.15, 0.2) is 0 Å². The van der Waals surface area contributed by atoms with Gasteiger partial charge in [-0.25, -0.2) is 18.1 Å². The van der Waals surface area contributed by atoms with Gasteiger partial charge in [0.2, 0.25) is 5.92 Å². The van der Waals surface area contributed by atoms with Gasteiger partial charge in [0.05, 0.1) is 105 Å². The second-order valence-corrected chi connectivity index (χ2v) is 40.7. The van der Waals surface area contributed by atoms with Crippen molar-refractivity contribution in [2.75, 3.05) is 66.2 Å². The SMILES string of the molecule is C.CC(C)(C)c1cnn(-c2ccncc2)c1.CC(C)(C)c1cnn(C(F)F)c1.CC(C)(C)c1cnn(C2CCC(F)(F)CC2)c1.CC(C)(C)c1cnn(C2CCOCC2)c1.CC(C)(C)c1cnn(CCN2CCOCC2)c1.CC(C)(O)Cn1cc(C(C)(C)C)cn1.CCn1cc(C(C)(C)C)cn1.CN1CCC(n2cc(C(C)(C)C)cn2)CC1. The van der Waals surface area contributed by atoms with E-state index in [1.807, 2.05) is 103 Å². The molecule has 4 fully saturated rings. The topological polar surface area (TPSA) is 201 Å². The van der Waals surface area contributed by atoms with Gasteiger partial charge < -0.3 is 19.5 Å². The molecule has 1 saturated carbocycles. The Morgan fingerprint density at radius 3 is 1.11 bits per heavy atom. The first-order chi connectivity index (χ1) is 54.1. The highest BCUT2D eigenvalue weighted by molar-refractivity contribution is 5.30. The Hall–Kier alpha value is -7.65. The number of nitrogens with zero attached hydrogens (tertiary/aromatic N) is 19. The standard InChI is InChI=1S/C13H20F2N2.C13H23N3O.C13H23N3.C12H15N3.C12H20N2O.C11H20N2O.C9H16N2.C8H12F2N2.CH4/c1-12(2,3)10-8-16-17(9-10)11-4-6-13(14,15)7-5-11;1-13(2,3)12-10-14-16(11-12)5-4-15-6-8-17-9-7-15;1-13(2,3)11-9-14-16(10-11)12-5-7-15(4)8-6-12;1-12(2,3)10-8-14-15(9-10)11-4-6-13-7-5-11;1-12(2,3)10-8-13-14(9-10)11-4-6-15-7-5-11;1-10(2,3)9-6-12-13(7-9)8-11(4,5)14;1-5-11-7-8(6-10-11)9(2,3)4;1-8(2,3)6-4-11-12(5-6)7(9)10;/h8-9,11H,4-7H2,1-3H3;10-11H,4-9H2,1-3H3;9-10,12H,5-8H2,1-4H3;4-9H,1-3H3;8-9,11H,4-7H2,1-3H3;6-7,14H,8H2,1-5H3;6-7H,5H2,1-4H3;4-5,7H,1-3H3;1H4. The summed E-state index contributed by atoms with van der Waals surface area (Å²) in [5.74, 6) is -2.46. The van der Waals surface area contributed by atoms with Crippen LogP contribution < -0.4 is 0 Å². The molecule has 26 heteroatoms. The predicted octanol–water partition coefficient (Wildman–Crippen LogP) is 20.4. The highest BCUT2D eigenvalue weighted by Crippen LogP contribution is 2.39. The number of halogens is 4. The van der Waals surface area contributed by atoms with Crippen LogP contribution in [0.5, 0.6) is 0 Å². The Bertz CT molecular complexity index is 4250. The first-order valence-electron chi connectivity index (χ1n) is 42.3. The number of aromatic nitrogens is 17.